The molecule has 1 atom stereocenters. The Kier molecular flexibility index (Phi) is 4.35. The highest BCUT2D eigenvalue weighted by molar-refractivity contribution is 5.97. The van der Waals surface area contributed by atoms with Gasteiger partial charge < -0.3 is 14.5 Å². The standard InChI is InChI=1S/C21H24N2O2/c1-2-25-20-12-6-4-10-18(20)21(24)22-14-16-8-3-5-11-19(16)23-13-7-9-17(23)15-22/h3-6,8,10-12,17H,2,7,9,13-15H2,1H3/t17-/m0/s1. The van der Waals surface area contributed by atoms with Crippen molar-refractivity contribution in [2.75, 3.05) is 24.6 Å². The van der Waals surface area contributed by atoms with Crippen LogP contribution in [0.25, 0.3) is 0 Å². The molecular weight excluding hydrogens is 312 g/mol. The second-order valence-electron chi connectivity index (χ2n) is 6.73. The molecule has 0 saturated carbocycles. The first-order valence-electron chi connectivity index (χ1n) is 9.13. The maximum absolute atomic E-state index is 13.3. The fraction of sp³-hybridized carbons (Fsp3) is 0.381. The van der Waals surface area contributed by atoms with Crippen LogP contribution < -0.4 is 9.64 Å². The van der Waals surface area contributed by atoms with E-state index in [1.165, 1.54) is 17.7 Å². The fourth-order valence-corrected chi connectivity index (χ4v) is 4.04. The number of amides is 1. The van der Waals surface area contributed by atoms with Crippen LogP contribution in [0.2, 0.25) is 0 Å². The van der Waals surface area contributed by atoms with E-state index in [1.807, 2.05) is 36.1 Å². The molecule has 4 heteroatoms. The van der Waals surface area contributed by atoms with Crippen LogP contribution in [0.3, 0.4) is 0 Å². The molecule has 1 amide bonds. The lowest BCUT2D eigenvalue weighted by Crippen LogP contribution is -2.40. The molecule has 0 aliphatic carbocycles. The molecule has 0 bridgehead atoms. The Labute approximate surface area is 149 Å². The highest BCUT2D eigenvalue weighted by Crippen LogP contribution is 2.34. The fourth-order valence-electron chi connectivity index (χ4n) is 4.04. The molecule has 4 rings (SSSR count). The molecule has 0 radical (unpaired) electrons. The Balaban J connectivity index is 1.68. The van der Waals surface area contributed by atoms with Crippen molar-refractivity contribution in [1.29, 1.82) is 0 Å². The average molecular weight is 336 g/mol. The van der Waals surface area contributed by atoms with Gasteiger partial charge in [0.1, 0.15) is 5.75 Å². The molecule has 4 nitrogen and oxygen atoms in total. The van der Waals surface area contributed by atoms with Gasteiger partial charge in [-0.25, -0.2) is 0 Å². The third kappa shape index (κ3) is 2.97. The minimum Gasteiger partial charge on any atom is -0.493 e. The van der Waals surface area contributed by atoms with Crippen molar-refractivity contribution in [3.05, 3.63) is 59.7 Å². The lowest BCUT2D eigenvalue weighted by Gasteiger charge is -2.28. The number of ether oxygens (including phenoxy) is 1. The molecule has 1 fully saturated rings. The van der Waals surface area contributed by atoms with Crippen molar-refractivity contribution < 1.29 is 9.53 Å². The van der Waals surface area contributed by atoms with Crippen molar-refractivity contribution in [3.63, 3.8) is 0 Å². The van der Waals surface area contributed by atoms with Crippen LogP contribution in [0.5, 0.6) is 5.75 Å². The van der Waals surface area contributed by atoms with E-state index >= 15 is 0 Å². The predicted molar refractivity (Wildman–Crippen MR) is 99.2 cm³/mol. The quantitative estimate of drug-likeness (QED) is 0.856. The lowest BCUT2D eigenvalue weighted by molar-refractivity contribution is 0.0734. The summed E-state index contributed by atoms with van der Waals surface area (Å²) in [6.45, 7) is 5.01. The van der Waals surface area contributed by atoms with Crippen LogP contribution in [0.15, 0.2) is 48.5 Å². The van der Waals surface area contributed by atoms with Gasteiger partial charge in [-0.15, -0.1) is 0 Å². The normalized spacial score (nSPS) is 19.2. The van der Waals surface area contributed by atoms with Crippen molar-refractivity contribution in [1.82, 2.24) is 4.90 Å². The van der Waals surface area contributed by atoms with E-state index in [0.717, 1.165) is 19.5 Å². The number of para-hydroxylation sites is 2. The summed E-state index contributed by atoms with van der Waals surface area (Å²) in [5, 5.41) is 0. The molecule has 0 spiro atoms. The van der Waals surface area contributed by atoms with Gasteiger partial charge in [0.25, 0.3) is 5.91 Å². The highest BCUT2D eigenvalue weighted by Gasteiger charge is 2.33. The summed E-state index contributed by atoms with van der Waals surface area (Å²) in [5.41, 5.74) is 3.18. The summed E-state index contributed by atoms with van der Waals surface area (Å²) in [5.74, 6) is 0.739. The first-order chi connectivity index (χ1) is 12.3. The minimum absolute atomic E-state index is 0.0626. The van der Waals surface area contributed by atoms with E-state index < -0.39 is 0 Å². The molecule has 25 heavy (non-hydrogen) atoms. The Morgan fingerprint density at radius 2 is 1.96 bits per heavy atom. The number of fused-ring (bicyclic) bond motifs is 3. The molecule has 2 heterocycles. The highest BCUT2D eigenvalue weighted by atomic mass is 16.5. The number of benzene rings is 2. The zero-order chi connectivity index (χ0) is 17.2. The summed E-state index contributed by atoms with van der Waals surface area (Å²) in [6.07, 6.45) is 2.34. The van der Waals surface area contributed by atoms with E-state index in [9.17, 15) is 4.79 Å². The van der Waals surface area contributed by atoms with E-state index in [1.54, 1.807) is 0 Å². The van der Waals surface area contributed by atoms with Gasteiger partial charge in [-0.3, -0.25) is 4.79 Å². The maximum atomic E-state index is 13.3. The van der Waals surface area contributed by atoms with Gasteiger partial charge in [0.2, 0.25) is 0 Å². The Morgan fingerprint density at radius 3 is 2.84 bits per heavy atom. The molecule has 2 aliphatic heterocycles. The van der Waals surface area contributed by atoms with Crippen molar-refractivity contribution in [2.24, 2.45) is 0 Å². The molecule has 2 aromatic rings. The molecule has 130 valence electrons. The molecule has 2 aliphatic rings. The predicted octanol–water partition coefficient (Wildman–Crippen LogP) is 3.71. The number of rotatable bonds is 3. The Morgan fingerprint density at radius 1 is 1.16 bits per heavy atom. The minimum atomic E-state index is 0.0626. The second-order valence-corrected chi connectivity index (χ2v) is 6.73. The molecule has 0 N–H and O–H groups in total. The van der Waals surface area contributed by atoms with Gasteiger partial charge in [-0.05, 0) is 43.5 Å². The second kappa shape index (κ2) is 6.79. The monoisotopic (exact) mass is 336 g/mol. The van der Waals surface area contributed by atoms with Gasteiger partial charge in [0.15, 0.2) is 0 Å². The number of anilines is 1. The van der Waals surface area contributed by atoms with Gasteiger partial charge in [0.05, 0.1) is 12.2 Å². The number of carbonyl (C=O) groups is 1. The summed E-state index contributed by atoms with van der Waals surface area (Å²) >= 11 is 0. The van der Waals surface area contributed by atoms with Crippen LogP contribution in [0.4, 0.5) is 5.69 Å². The van der Waals surface area contributed by atoms with Crippen LogP contribution in [-0.2, 0) is 6.54 Å². The van der Waals surface area contributed by atoms with Crippen LogP contribution >= 0.6 is 0 Å². The van der Waals surface area contributed by atoms with E-state index in [2.05, 4.69) is 29.2 Å². The average Bonchev–Trinajstić information content (AvgIpc) is 3.04. The molecular formula is C21H24N2O2. The van der Waals surface area contributed by atoms with Crippen molar-refractivity contribution in [2.45, 2.75) is 32.4 Å². The van der Waals surface area contributed by atoms with E-state index in [-0.39, 0.29) is 5.91 Å². The van der Waals surface area contributed by atoms with Crippen molar-refractivity contribution >= 4 is 11.6 Å². The number of carbonyl (C=O) groups excluding carboxylic acids is 1. The summed E-state index contributed by atoms with van der Waals surface area (Å²) < 4.78 is 5.68. The van der Waals surface area contributed by atoms with Gasteiger partial charge in [0, 0.05) is 31.4 Å². The third-order valence-electron chi connectivity index (χ3n) is 5.18. The zero-order valence-electron chi connectivity index (χ0n) is 14.6. The van der Waals surface area contributed by atoms with Gasteiger partial charge >= 0.3 is 0 Å². The molecule has 2 aromatic carbocycles. The van der Waals surface area contributed by atoms with Crippen LogP contribution in [0, 0.1) is 0 Å². The molecule has 1 saturated heterocycles. The van der Waals surface area contributed by atoms with Gasteiger partial charge in [-0.1, -0.05) is 30.3 Å². The largest absolute Gasteiger partial charge is 0.493 e. The summed E-state index contributed by atoms with van der Waals surface area (Å²) in [7, 11) is 0. The number of nitrogens with zero attached hydrogens (tertiary/aromatic N) is 2. The number of hydrogen-bond acceptors (Lipinski definition) is 3. The summed E-state index contributed by atoms with van der Waals surface area (Å²) in [4.78, 5) is 17.7. The smallest absolute Gasteiger partial charge is 0.257 e. The van der Waals surface area contributed by atoms with E-state index in [4.69, 9.17) is 4.74 Å². The van der Waals surface area contributed by atoms with Crippen LogP contribution in [0.1, 0.15) is 35.7 Å². The van der Waals surface area contributed by atoms with Crippen molar-refractivity contribution in [3.8, 4) is 5.75 Å². The van der Waals surface area contributed by atoms with E-state index in [0.29, 0.717) is 30.5 Å². The first-order valence-corrected chi connectivity index (χ1v) is 9.13. The summed E-state index contributed by atoms with van der Waals surface area (Å²) in [6, 6.07) is 16.5. The topological polar surface area (TPSA) is 32.8 Å². The first kappa shape index (κ1) is 16.0. The Hall–Kier alpha value is -2.49. The molecule has 0 aromatic heterocycles. The SMILES string of the molecule is CCOc1ccccc1C(=O)N1Cc2ccccc2N2CCC[C@H]2C1. The molecule has 0 unspecified atom stereocenters. The zero-order valence-corrected chi connectivity index (χ0v) is 14.6. The number of hydrogen-bond donors (Lipinski definition) is 0. The van der Waals surface area contributed by atoms with Crippen LogP contribution in [-0.4, -0.2) is 36.5 Å². The maximum Gasteiger partial charge on any atom is 0.257 e. The Bertz CT molecular complexity index is 774. The van der Waals surface area contributed by atoms with Gasteiger partial charge in [-0.2, -0.15) is 0 Å². The lowest BCUT2D eigenvalue weighted by atomic mass is 10.1. The third-order valence-corrected chi connectivity index (χ3v) is 5.18.